The smallest absolute Gasteiger partial charge is 0.170 e. The quantitative estimate of drug-likeness (QED) is 0.665. The Hall–Kier alpha value is -1.09. The summed E-state index contributed by atoms with van der Waals surface area (Å²) in [6.07, 6.45) is 13.9. The maximum absolute atomic E-state index is 11.8. The van der Waals surface area contributed by atoms with Crippen LogP contribution in [-0.4, -0.2) is 18.9 Å². The van der Waals surface area contributed by atoms with Gasteiger partial charge in [0.1, 0.15) is 0 Å². The van der Waals surface area contributed by atoms with Crippen LogP contribution >= 0.6 is 0 Å². The van der Waals surface area contributed by atoms with Gasteiger partial charge in [-0.3, -0.25) is 0 Å². The zero-order valence-corrected chi connectivity index (χ0v) is 7.81. The zero-order valence-electron chi connectivity index (χ0n) is 7.00. The molecule has 0 atom stereocenters. The van der Waals surface area contributed by atoms with E-state index in [0.29, 0.717) is 0 Å². The third kappa shape index (κ3) is 1.40. The van der Waals surface area contributed by atoms with Crippen LogP contribution in [-0.2, 0) is 9.84 Å². The first kappa shape index (κ1) is 8.51. The number of sulfone groups is 1. The first-order valence-electron chi connectivity index (χ1n) is 4.14. The highest BCUT2D eigenvalue weighted by molar-refractivity contribution is 7.93. The molecule has 0 aromatic heterocycles. The number of hydrogen-bond donors (Lipinski definition) is 0. The van der Waals surface area contributed by atoms with Crippen molar-refractivity contribution < 1.29 is 8.42 Å². The van der Waals surface area contributed by atoms with E-state index in [1.807, 2.05) is 0 Å². The molecule has 68 valence electrons. The van der Waals surface area contributed by atoms with E-state index >= 15 is 0 Å². The lowest BCUT2D eigenvalue weighted by Gasteiger charge is -2.11. The van der Waals surface area contributed by atoms with Crippen LogP contribution < -0.4 is 0 Å². The average Bonchev–Trinajstić information content (AvgIpc) is 2.78. The second kappa shape index (κ2) is 3.00. The molecule has 0 aliphatic heterocycles. The Morgan fingerprint density at radius 1 is 0.692 bits per heavy atom. The maximum Gasteiger partial charge on any atom is 0.170 e. The number of allylic oxidation sites excluding steroid dienone is 4. The molecule has 0 aromatic carbocycles. The Morgan fingerprint density at radius 3 is 1.31 bits per heavy atom. The molecular formula is C10H10O2S. The highest BCUT2D eigenvalue weighted by atomic mass is 32.2. The van der Waals surface area contributed by atoms with Crippen LogP contribution in [0.5, 0.6) is 0 Å². The molecule has 0 spiro atoms. The lowest BCUT2D eigenvalue weighted by atomic mass is 10.5. The minimum atomic E-state index is -3.09. The molecule has 0 radical (unpaired) electrons. The van der Waals surface area contributed by atoms with Crippen molar-refractivity contribution in [2.45, 2.75) is 10.5 Å². The average molecular weight is 194 g/mol. The highest BCUT2D eigenvalue weighted by Gasteiger charge is 2.29. The molecule has 0 aromatic rings. The first-order valence-corrected chi connectivity index (χ1v) is 5.75. The van der Waals surface area contributed by atoms with Gasteiger partial charge in [0.2, 0.25) is 0 Å². The van der Waals surface area contributed by atoms with E-state index in [2.05, 4.69) is 0 Å². The maximum atomic E-state index is 11.8. The molecule has 0 heterocycles. The standard InChI is InChI=1S/C10H10O2S/c11-13(12,9-5-1-2-6-9)10-7-3-4-8-10/h1-10H. The van der Waals surface area contributed by atoms with E-state index in [4.69, 9.17) is 0 Å². The predicted octanol–water partition coefficient (Wildman–Crippen LogP) is 1.39. The van der Waals surface area contributed by atoms with E-state index < -0.39 is 20.3 Å². The van der Waals surface area contributed by atoms with Crippen LogP contribution in [0, 0.1) is 0 Å². The summed E-state index contributed by atoms with van der Waals surface area (Å²) in [4.78, 5) is 0. The Morgan fingerprint density at radius 2 is 1.00 bits per heavy atom. The van der Waals surface area contributed by atoms with E-state index in [1.54, 1.807) is 48.6 Å². The molecule has 0 saturated heterocycles. The summed E-state index contributed by atoms with van der Waals surface area (Å²) in [6, 6.07) is 0. The molecule has 0 bridgehead atoms. The van der Waals surface area contributed by atoms with Gasteiger partial charge >= 0.3 is 0 Å². The normalized spacial score (nSPS) is 22.2. The van der Waals surface area contributed by atoms with E-state index in [-0.39, 0.29) is 0 Å². The van der Waals surface area contributed by atoms with Crippen LogP contribution in [0.3, 0.4) is 0 Å². The van der Waals surface area contributed by atoms with Gasteiger partial charge in [-0.05, 0) is 0 Å². The van der Waals surface area contributed by atoms with Crippen molar-refractivity contribution in [1.82, 2.24) is 0 Å². The fraction of sp³-hybridized carbons (Fsp3) is 0.200. The van der Waals surface area contributed by atoms with Crippen molar-refractivity contribution >= 4 is 9.84 Å². The van der Waals surface area contributed by atoms with Gasteiger partial charge in [-0.1, -0.05) is 48.6 Å². The second-order valence-corrected chi connectivity index (χ2v) is 5.32. The first-order chi connectivity index (χ1) is 6.21. The minimum Gasteiger partial charge on any atom is -0.227 e. The molecule has 2 rings (SSSR count). The molecule has 2 nitrogen and oxygen atoms in total. The number of rotatable bonds is 2. The van der Waals surface area contributed by atoms with Crippen LogP contribution in [0.15, 0.2) is 48.6 Å². The molecular weight excluding hydrogens is 184 g/mol. The molecule has 2 aliphatic carbocycles. The van der Waals surface area contributed by atoms with Gasteiger partial charge in [-0.15, -0.1) is 0 Å². The second-order valence-electron chi connectivity index (χ2n) is 3.06. The molecule has 13 heavy (non-hydrogen) atoms. The molecule has 3 heteroatoms. The minimum absolute atomic E-state index is 0.440. The van der Waals surface area contributed by atoms with E-state index in [1.165, 1.54) is 0 Å². The monoisotopic (exact) mass is 194 g/mol. The fourth-order valence-corrected chi connectivity index (χ4v) is 3.04. The van der Waals surface area contributed by atoms with Crippen LogP contribution in [0.4, 0.5) is 0 Å². The Balaban J connectivity index is 2.30. The highest BCUT2D eigenvalue weighted by Crippen LogP contribution is 2.20. The number of hydrogen-bond acceptors (Lipinski definition) is 2. The third-order valence-corrected chi connectivity index (χ3v) is 4.33. The van der Waals surface area contributed by atoms with Gasteiger partial charge in [-0.2, -0.15) is 0 Å². The summed E-state index contributed by atoms with van der Waals surface area (Å²) >= 11 is 0. The van der Waals surface area contributed by atoms with Crippen molar-refractivity contribution in [3.63, 3.8) is 0 Å². The van der Waals surface area contributed by atoms with E-state index in [0.717, 1.165) is 0 Å². The van der Waals surface area contributed by atoms with E-state index in [9.17, 15) is 8.42 Å². The van der Waals surface area contributed by atoms with Crippen LogP contribution in [0.25, 0.3) is 0 Å². The SMILES string of the molecule is O=S(=O)(C1C=CC=C1)C1C=CC=C1. The van der Waals surface area contributed by atoms with Crippen LogP contribution in [0.1, 0.15) is 0 Å². The van der Waals surface area contributed by atoms with Gasteiger partial charge in [0.25, 0.3) is 0 Å². The van der Waals surface area contributed by atoms with Crippen molar-refractivity contribution in [1.29, 1.82) is 0 Å². The van der Waals surface area contributed by atoms with Gasteiger partial charge in [0.05, 0.1) is 10.5 Å². The lowest BCUT2D eigenvalue weighted by Crippen LogP contribution is -2.25. The topological polar surface area (TPSA) is 34.1 Å². The fourth-order valence-electron chi connectivity index (χ4n) is 1.44. The van der Waals surface area contributed by atoms with Crippen molar-refractivity contribution in [3.8, 4) is 0 Å². The summed E-state index contributed by atoms with van der Waals surface area (Å²) in [5.41, 5.74) is 0. The molecule has 0 saturated carbocycles. The lowest BCUT2D eigenvalue weighted by molar-refractivity contribution is 0.592. The predicted molar refractivity (Wildman–Crippen MR) is 53.1 cm³/mol. The zero-order chi connectivity index (χ0) is 9.31. The third-order valence-electron chi connectivity index (χ3n) is 2.18. The van der Waals surface area contributed by atoms with Gasteiger partial charge < -0.3 is 0 Å². The summed E-state index contributed by atoms with van der Waals surface area (Å²) in [5, 5.41) is -0.880. The summed E-state index contributed by atoms with van der Waals surface area (Å²) in [5.74, 6) is 0. The molecule has 0 amide bonds. The van der Waals surface area contributed by atoms with Gasteiger partial charge in [0.15, 0.2) is 9.84 Å². The molecule has 2 aliphatic rings. The van der Waals surface area contributed by atoms with Crippen molar-refractivity contribution in [2.24, 2.45) is 0 Å². The Labute approximate surface area is 77.9 Å². The van der Waals surface area contributed by atoms with Gasteiger partial charge in [0, 0.05) is 0 Å². The summed E-state index contributed by atoms with van der Waals surface area (Å²) in [6.45, 7) is 0. The Bertz CT molecular complexity index is 352. The molecule has 0 N–H and O–H groups in total. The molecule has 0 fully saturated rings. The molecule has 0 unspecified atom stereocenters. The largest absolute Gasteiger partial charge is 0.227 e. The van der Waals surface area contributed by atoms with Crippen molar-refractivity contribution in [2.75, 3.05) is 0 Å². The summed E-state index contributed by atoms with van der Waals surface area (Å²) < 4.78 is 23.7. The van der Waals surface area contributed by atoms with Crippen LogP contribution in [0.2, 0.25) is 0 Å². The van der Waals surface area contributed by atoms with Gasteiger partial charge in [-0.25, -0.2) is 8.42 Å². The summed E-state index contributed by atoms with van der Waals surface area (Å²) in [7, 11) is -3.09. The Kier molecular flexibility index (Phi) is 1.96. The van der Waals surface area contributed by atoms with Crippen molar-refractivity contribution in [3.05, 3.63) is 48.6 Å².